The highest BCUT2D eigenvalue weighted by Gasteiger charge is 2.30. The first-order valence-electron chi connectivity index (χ1n) is 5.90. The second-order valence-corrected chi connectivity index (χ2v) is 6.72. The first-order valence-corrected chi connectivity index (χ1v) is 8.51. The summed E-state index contributed by atoms with van der Waals surface area (Å²) in [4.78, 5) is 11.2. The topological polar surface area (TPSA) is 84.5 Å². The fourth-order valence-corrected chi connectivity index (χ4v) is 3.76. The molecule has 6 nitrogen and oxygen atoms in total. The second kappa shape index (κ2) is 6.72. The minimum atomic E-state index is -3.85. The Kier molecular flexibility index (Phi) is 5.87. The third-order valence-corrected chi connectivity index (χ3v) is 4.60. The Morgan fingerprint density at radius 3 is 2.67 bits per heavy atom. The van der Waals surface area contributed by atoms with Gasteiger partial charge in [0, 0.05) is 11.4 Å². The molecule has 1 saturated carbocycles. The van der Waals surface area contributed by atoms with Crippen LogP contribution >= 0.6 is 15.9 Å². The van der Waals surface area contributed by atoms with Crippen molar-refractivity contribution in [1.29, 1.82) is 0 Å². The van der Waals surface area contributed by atoms with Gasteiger partial charge in [-0.3, -0.25) is 0 Å². The fourth-order valence-electron chi connectivity index (χ4n) is 1.95. The normalized spacial score (nSPS) is 24.2. The van der Waals surface area contributed by atoms with Gasteiger partial charge in [0.15, 0.2) is 0 Å². The quantitative estimate of drug-likeness (QED) is 0.742. The van der Waals surface area contributed by atoms with E-state index in [0.29, 0.717) is 0 Å². The van der Waals surface area contributed by atoms with E-state index in [1.807, 2.05) is 4.72 Å². The molecule has 1 fully saturated rings. The Morgan fingerprint density at radius 1 is 1.44 bits per heavy atom. The second-order valence-electron chi connectivity index (χ2n) is 4.63. The van der Waals surface area contributed by atoms with E-state index in [1.54, 1.807) is 13.8 Å². The molecule has 2 N–H and O–H groups in total. The molecule has 106 valence electrons. The van der Waals surface area contributed by atoms with Crippen LogP contribution < -0.4 is 9.44 Å². The zero-order valence-corrected chi connectivity index (χ0v) is 12.9. The van der Waals surface area contributed by atoms with Gasteiger partial charge in [0.25, 0.3) is 0 Å². The van der Waals surface area contributed by atoms with Gasteiger partial charge in [-0.15, -0.1) is 0 Å². The molecule has 2 atom stereocenters. The minimum Gasteiger partial charge on any atom is -0.446 e. The molecule has 0 aromatic rings. The maximum Gasteiger partial charge on any atom is 0.422 e. The number of nitrogens with one attached hydrogen (secondary N) is 2. The van der Waals surface area contributed by atoms with Crippen molar-refractivity contribution in [2.24, 2.45) is 5.92 Å². The van der Waals surface area contributed by atoms with E-state index in [9.17, 15) is 13.2 Å². The number of carbonyl (C=O) groups excluding carboxylic acids is 1. The van der Waals surface area contributed by atoms with E-state index in [4.69, 9.17) is 4.74 Å². The largest absolute Gasteiger partial charge is 0.446 e. The SMILES string of the molecule is CC(C)OC(=O)NS(=O)(=O)NC1CCCC1CBr. The summed E-state index contributed by atoms with van der Waals surface area (Å²) in [7, 11) is -3.85. The van der Waals surface area contributed by atoms with Crippen molar-refractivity contribution >= 4 is 32.2 Å². The Balaban J connectivity index is 2.51. The maximum atomic E-state index is 11.7. The van der Waals surface area contributed by atoms with Crippen LogP contribution in [-0.2, 0) is 14.9 Å². The molecule has 1 rings (SSSR count). The molecular weight excluding hydrogens is 324 g/mol. The van der Waals surface area contributed by atoms with Gasteiger partial charge in [-0.05, 0) is 32.6 Å². The van der Waals surface area contributed by atoms with Gasteiger partial charge >= 0.3 is 16.3 Å². The van der Waals surface area contributed by atoms with Crippen LogP contribution in [0.4, 0.5) is 4.79 Å². The van der Waals surface area contributed by atoms with Gasteiger partial charge in [-0.25, -0.2) is 9.52 Å². The van der Waals surface area contributed by atoms with Gasteiger partial charge in [0.2, 0.25) is 0 Å². The predicted octanol–water partition coefficient (Wildman–Crippen LogP) is 1.52. The van der Waals surface area contributed by atoms with Crippen LogP contribution in [0.25, 0.3) is 0 Å². The standard InChI is InChI=1S/C10H19BrN2O4S/c1-7(2)17-10(14)13-18(15,16)12-9-5-3-4-8(9)6-11/h7-9,12H,3-6H2,1-2H3,(H,13,14). The summed E-state index contributed by atoms with van der Waals surface area (Å²) in [5, 5.41) is 0.747. The number of ether oxygens (including phenoxy) is 1. The van der Waals surface area contributed by atoms with Crippen LogP contribution in [0.2, 0.25) is 0 Å². The Morgan fingerprint density at radius 2 is 2.11 bits per heavy atom. The Bertz CT molecular complexity index is 385. The van der Waals surface area contributed by atoms with E-state index < -0.39 is 16.3 Å². The maximum absolute atomic E-state index is 11.7. The van der Waals surface area contributed by atoms with E-state index in [2.05, 4.69) is 20.7 Å². The zero-order valence-electron chi connectivity index (χ0n) is 10.5. The summed E-state index contributed by atoms with van der Waals surface area (Å²) in [6.45, 7) is 3.30. The van der Waals surface area contributed by atoms with Crippen LogP contribution in [0.5, 0.6) is 0 Å². The van der Waals surface area contributed by atoms with Crippen LogP contribution in [-0.4, -0.2) is 32.0 Å². The van der Waals surface area contributed by atoms with Gasteiger partial charge in [0.05, 0.1) is 6.10 Å². The van der Waals surface area contributed by atoms with Crippen LogP contribution in [0.15, 0.2) is 0 Å². The average Bonchev–Trinajstić information content (AvgIpc) is 2.61. The van der Waals surface area contributed by atoms with Crippen molar-refractivity contribution in [1.82, 2.24) is 9.44 Å². The van der Waals surface area contributed by atoms with Crippen LogP contribution in [0, 0.1) is 5.92 Å². The lowest BCUT2D eigenvalue weighted by Gasteiger charge is -2.19. The molecule has 18 heavy (non-hydrogen) atoms. The molecule has 0 bridgehead atoms. The molecule has 0 aromatic heterocycles. The molecule has 1 amide bonds. The monoisotopic (exact) mass is 342 g/mol. The third-order valence-electron chi connectivity index (χ3n) is 2.72. The lowest BCUT2D eigenvalue weighted by molar-refractivity contribution is 0.121. The molecule has 1 aliphatic rings. The predicted molar refractivity (Wildman–Crippen MR) is 71.7 cm³/mol. The lowest BCUT2D eigenvalue weighted by atomic mass is 10.1. The molecule has 0 aromatic carbocycles. The van der Waals surface area contributed by atoms with Gasteiger partial charge in [0.1, 0.15) is 0 Å². The van der Waals surface area contributed by atoms with Gasteiger partial charge in [-0.1, -0.05) is 22.4 Å². The molecule has 0 spiro atoms. The first kappa shape index (κ1) is 15.7. The van der Waals surface area contributed by atoms with Crippen molar-refractivity contribution in [3.05, 3.63) is 0 Å². The molecule has 1 aliphatic carbocycles. The lowest BCUT2D eigenvalue weighted by Crippen LogP contribution is -2.47. The number of alkyl halides is 1. The number of amides is 1. The third kappa shape index (κ3) is 5.11. The smallest absolute Gasteiger partial charge is 0.422 e. The number of carbonyl (C=O) groups is 1. The van der Waals surface area contributed by atoms with E-state index >= 15 is 0 Å². The van der Waals surface area contributed by atoms with Crippen molar-refractivity contribution < 1.29 is 17.9 Å². The van der Waals surface area contributed by atoms with Gasteiger partial charge in [-0.2, -0.15) is 13.1 Å². The summed E-state index contributed by atoms with van der Waals surface area (Å²) in [5.41, 5.74) is 0. The molecule has 0 aliphatic heterocycles. The Labute approximate surface area is 116 Å². The van der Waals surface area contributed by atoms with E-state index in [-0.39, 0.29) is 18.1 Å². The summed E-state index contributed by atoms with van der Waals surface area (Å²) in [5.74, 6) is 0.266. The first-order chi connectivity index (χ1) is 8.34. The summed E-state index contributed by atoms with van der Waals surface area (Å²) >= 11 is 3.36. The number of halogens is 1. The van der Waals surface area contributed by atoms with Crippen molar-refractivity contribution in [2.45, 2.75) is 45.3 Å². The number of hydrogen-bond acceptors (Lipinski definition) is 4. The number of rotatable bonds is 5. The average molecular weight is 343 g/mol. The number of hydrogen-bond donors (Lipinski definition) is 2. The molecule has 0 heterocycles. The molecule has 0 radical (unpaired) electrons. The highest BCUT2D eigenvalue weighted by atomic mass is 79.9. The minimum absolute atomic E-state index is 0.131. The van der Waals surface area contributed by atoms with E-state index in [1.165, 1.54) is 0 Å². The highest BCUT2D eigenvalue weighted by molar-refractivity contribution is 9.09. The summed E-state index contributed by atoms with van der Waals surface area (Å²) in [6, 6.07) is -0.131. The van der Waals surface area contributed by atoms with Gasteiger partial charge < -0.3 is 4.74 Å². The molecule has 0 saturated heterocycles. The fraction of sp³-hybridized carbons (Fsp3) is 0.900. The zero-order chi connectivity index (χ0) is 13.8. The van der Waals surface area contributed by atoms with Crippen LogP contribution in [0.1, 0.15) is 33.1 Å². The van der Waals surface area contributed by atoms with Crippen LogP contribution in [0.3, 0.4) is 0 Å². The summed E-state index contributed by atoms with van der Waals surface area (Å²) in [6.07, 6.45) is 1.44. The summed E-state index contributed by atoms with van der Waals surface area (Å²) < 4.78 is 32.5. The van der Waals surface area contributed by atoms with Crippen molar-refractivity contribution in [2.75, 3.05) is 5.33 Å². The van der Waals surface area contributed by atoms with Crippen molar-refractivity contribution in [3.63, 3.8) is 0 Å². The molecule has 2 unspecified atom stereocenters. The highest BCUT2D eigenvalue weighted by Crippen LogP contribution is 2.27. The molecule has 8 heteroatoms. The molecular formula is C10H19BrN2O4S. The van der Waals surface area contributed by atoms with Crippen molar-refractivity contribution in [3.8, 4) is 0 Å². The van der Waals surface area contributed by atoms with E-state index in [0.717, 1.165) is 24.6 Å². The Hall–Kier alpha value is -0.340.